The number of rotatable bonds is 8. The Labute approximate surface area is 181 Å². The first-order chi connectivity index (χ1) is 12.8. The zero-order valence-corrected chi connectivity index (χ0v) is 19.1. The van der Waals surface area contributed by atoms with Crippen LogP contribution in [0.25, 0.3) is 0 Å². The fraction of sp³-hybridized carbons (Fsp3) is 0.800. The Morgan fingerprint density at radius 2 is 2.00 bits per heavy atom. The summed E-state index contributed by atoms with van der Waals surface area (Å²) >= 11 is 0. The van der Waals surface area contributed by atoms with Gasteiger partial charge in [-0.15, -0.1) is 24.0 Å². The van der Waals surface area contributed by atoms with Crippen LogP contribution in [0.3, 0.4) is 0 Å². The van der Waals surface area contributed by atoms with Crippen molar-refractivity contribution in [3.05, 3.63) is 18.5 Å². The van der Waals surface area contributed by atoms with E-state index in [1.807, 2.05) is 30.2 Å². The molecule has 1 aliphatic heterocycles. The van der Waals surface area contributed by atoms with E-state index in [2.05, 4.69) is 25.6 Å². The van der Waals surface area contributed by atoms with Crippen molar-refractivity contribution in [1.29, 1.82) is 0 Å². The summed E-state index contributed by atoms with van der Waals surface area (Å²) in [6.07, 6.45) is 14.7. The predicted molar refractivity (Wildman–Crippen MR) is 123 cm³/mol. The number of aryl methyl sites for hydroxylation is 1. The van der Waals surface area contributed by atoms with Crippen molar-refractivity contribution < 1.29 is 0 Å². The molecule has 0 bridgehead atoms. The quantitative estimate of drug-likeness (QED) is 0.256. The number of aliphatic imine (C=N–C) groups is 1. The number of guanidine groups is 1. The number of nitrogens with one attached hydrogen (secondary N) is 2. The molecule has 0 radical (unpaired) electrons. The Morgan fingerprint density at radius 3 is 2.74 bits per heavy atom. The molecule has 2 heterocycles. The van der Waals surface area contributed by atoms with Gasteiger partial charge in [-0.25, -0.2) is 0 Å². The molecule has 1 aromatic heterocycles. The van der Waals surface area contributed by atoms with Gasteiger partial charge in [0, 0.05) is 51.7 Å². The summed E-state index contributed by atoms with van der Waals surface area (Å²) in [7, 11) is 1.86. The first kappa shape index (κ1) is 22.5. The highest BCUT2D eigenvalue weighted by molar-refractivity contribution is 14.0. The summed E-state index contributed by atoms with van der Waals surface area (Å²) in [5.41, 5.74) is 0. The molecule has 154 valence electrons. The Balaban J connectivity index is 0.00000261. The molecule has 0 spiro atoms. The van der Waals surface area contributed by atoms with Gasteiger partial charge in [0.2, 0.25) is 0 Å². The van der Waals surface area contributed by atoms with Crippen molar-refractivity contribution in [1.82, 2.24) is 25.3 Å². The third-order valence-electron chi connectivity index (χ3n) is 5.86. The lowest BCUT2D eigenvalue weighted by molar-refractivity contribution is 0.188. The van der Waals surface area contributed by atoms with Crippen LogP contribution < -0.4 is 10.6 Å². The first-order valence-electron chi connectivity index (χ1n) is 10.5. The second-order valence-corrected chi connectivity index (χ2v) is 7.80. The van der Waals surface area contributed by atoms with E-state index in [0.29, 0.717) is 6.04 Å². The predicted octanol–water partition coefficient (Wildman–Crippen LogP) is 3.10. The zero-order chi connectivity index (χ0) is 18.0. The second-order valence-electron chi connectivity index (χ2n) is 7.80. The Morgan fingerprint density at radius 1 is 1.15 bits per heavy atom. The Bertz CT molecular complexity index is 527. The van der Waals surface area contributed by atoms with E-state index in [1.54, 1.807) is 0 Å². The lowest BCUT2D eigenvalue weighted by atomic mass is 9.89. The molecule has 7 heteroatoms. The normalized spacial score (nSPS) is 21.8. The number of nitrogens with zero attached hydrogens (tertiary/aromatic N) is 4. The van der Waals surface area contributed by atoms with E-state index in [4.69, 9.17) is 0 Å². The van der Waals surface area contributed by atoms with E-state index in [9.17, 15) is 0 Å². The van der Waals surface area contributed by atoms with E-state index < -0.39 is 0 Å². The fourth-order valence-electron chi connectivity index (χ4n) is 4.38. The average Bonchev–Trinajstić information content (AvgIpc) is 3.34. The maximum absolute atomic E-state index is 4.38. The van der Waals surface area contributed by atoms with Crippen LogP contribution in [0.1, 0.15) is 51.4 Å². The topological polar surface area (TPSA) is 57.5 Å². The summed E-state index contributed by atoms with van der Waals surface area (Å²) in [6, 6.07) is 2.63. The molecule has 6 nitrogen and oxygen atoms in total. The molecule has 2 N–H and O–H groups in total. The van der Waals surface area contributed by atoms with Gasteiger partial charge in [0.25, 0.3) is 0 Å². The number of aromatic nitrogens is 2. The van der Waals surface area contributed by atoms with E-state index in [-0.39, 0.29) is 24.0 Å². The highest BCUT2D eigenvalue weighted by atomic mass is 127. The molecule has 1 atom stereocenters. The molecule has 2 aliphatic rings. The van der Waals surface area contributed by atoms with Crippen LogP contribution in [0.5, 0.6) is 0 Å². The zero-order valence-electron chi connectivity index (χ0n) is 16.8. The van der Waals surface area contributed by atoms with E-state index in [1.165, 1.54) is 58.0 Å². The van der Waals surface area contributed by atoms with Gasteiger partial charge in [0.05, 0.1) is 0 Å². The molecular formula is C20H37IN6. The van der Waals surface area contributed by atoms with Crippen LogP contribution in [0.2, 0.25) is 0 Å². The smallest absolute Gasteiger partial charge is 0.191 e. The van der Waals surface area contributed by atoms with Gasteiger partial charge in [0.1, 0.15) is 0 Å². The van der Waals surface area contributed by atoms with Crippen molar-refractivity contribution >= 4 is 29.9 Å². The maximum atomic E-state index is 4.38. The summed E-state index contributed by atoms with van der Waals surface area (Å²) in [4.78, 5) is 7.11. The van der Waals surface area contributed by atoms with Crippen molar-refractivity contribution in [3.63, 3.8) is 0 Å². The summed E-state index contributed by atoms with van der Waals surface area (Å²) in [6.45, 7) is 5.44. The van der Waals surface area contributed by atoms with Crippen LogP contribution in [0.15, 0.2) is 23.5 Å². The summed E-state index contributed by atoms with van der Waals surface area (Å²) in [5, 5.41) is 11.2. The monoisotopic (exact) mass is 488 g/mol. The molecule has 1 saturated heterocycles. The van der Waals surface area contributed by atoms with Crippen LogP contribution >= 0.6 is 24.0 Å². The van der Waals surface area contributed by atoms with Crippen molar-refractivity contribution in [2.24, 2.45) is 10.9 Å². The van der Waals surface area contributed by atoms with Crippen LogP contribution in [0.4, 0.5) is 0 Å². The van der Waals surface area contributed by atoms with Crippen molar-refractivity contribution in [2.45, 2.75) is 64.0 Å². The van der Waals surface area contributed by atoms with Crippen LogP contribution in [0, 0.1) is 5.92 Å². The molecule has 1 saturated carbocycles. The summed E-state index contributed by atoms with van der Waals surface area (Å²) in [5.74, 6) is 1.86. The molecule has 0 amide bonds. The van der Waals surface area contributed by atoms with Crippen molar-refractivity contribution in [3.8, 4) is 0 Å². The van der Waals surface area contributed by atoms with Gasteiger partial charge in [-0.1, -0.05) is 19.3 Å². The maximum Gasteiger partial charge on any atom is 0.191 e. The van der Waals surface area contributed by atoms with Gasteiger partial charge in [-0.05, 0) is 50.6 Å². The van der Waals surface area contributed by atoms with Crippen LogP contribution in [-0.2, 0) is 6.54 Å². The largest absolute Gasteiger partial charge is 0.356 e. The first-order valence-corrected chi connectivity index (χ1v) is 10.5. The standard InChI is InChI=1S/C20H36N6.HI/c1-21-20(22-11-6-14-26-15-7-12-24-26)23-16-19-10-5-13-25(19)17-18-8-3-2-4-9-18;/h7,12,15,18-19H,2-6,8-11,13-14,16-17H2,1H3,(H2,21,22,23);1H. The number of hydrogen-bond acceptors (Lipinski definition) is 3. The molecule has 1 aliphatic carbocycles. The SMILES string of the molecule is CN=C(NCCCn1cccn1)NCC1CCCN1CC1CCCCC1.I. The molecular weight excluding hydrogens is 451 g/mol. The lowest BCUT2D eigenvalue weighted by Crippen LogP contribution is -2.46. The highest BCUT2D eigenvalue weighted by Crippen LogP contribution is 2.27. The van der Waals surface area contributed by atoms with Gasteiger partial charge in [-0.2, -0.15) is 5.10 Å². The Hall–Kier alpha value is -0.830. The number of halogens is 1. The number of likely N-dealkylation sites (tertiary alicyclic amines) is 1. The molecule has 3 rings (SSSR count). The van der Waals surface area contributed by atoms with E-state index >= 15 is 0 Å². The van der Waals surface area contributed by atoms with Crippen LogP contribution in [-0.4, -0.2) is 59.9 Å². The minimum Gasteiger partial charge on any atom is -0.356 e. The fourth-order valence-corrected chi connectivity index (χ4v) is 4.38. The third-order valence-corrected chi connectivity index (χ3v) is 5.86. The number of hydrogen-bond donors (Lipinski definition) is 2. The second kappa shape index (κ2) is 12.6. The highest BCUT2D eigenvalue weighted by Gasteiger charge is 2.27. The summed E-state index contributed by atoms with van der Waals surface area (Å²) < 4.78 is 1.97. The molecule has 27 heavy (non-hydrogen) atoms. The van der Waals surface area contributed by atoms with Gasteiger partial charge in [0.15, 0.2) is 5.96 Å². The minimum absolute atomic E-state index is 0. The van der Waals surface area contributed by atoms with Crippen molar-refractivity contribution in [2.75, 3.05) is 33.2 Å². The average molecular weight is 488 g/mol. The molecule has 0 aromatic carbocycles. The molecule has 1 aromatic rings. The van der Waals surface area contributed by atoms with Gasteiger partial charge in [-0.3, -0.25) is 14.6 Å². The molecule has 1 unspecified atom stereocenters. The van der Waals surface area contributed by atoms with Gasteiger partial charge < -0.3 is 10.6 Å². The van der Waals surface area contributed by atoms with E-state index in [0.717, 1.165) is 37.9 Å². The van der Waals surface area contributed by atoms with Gasteiger partial charge >= 0.3 is 0 Å². The minimum atomic E-state index is 0. The Kier molecular flexibility index (Phi) is 10.5. The molecule has 2 fully saturated rings. The lowest BCUT2D eigenvalue weighted by Gasteiger charge is -2.31. The third kappa shape index (κ3) is 7.60.